The number of ether oxygens (including phenoxy) is 1. The van der Waals surface area contributed by atoms with Gasteiger partial charge in [0.2, 0.25) is 11.8 Å². The zero-order valence-corrected chi connectivity index (χ0v) is 12.1. The quantitative estimate of drug-likeness (QED) is 0.818. The molecule has 0 aromatic carbocycles. The van der Waals surface area contributed by atoms with E-state index in [1.165, 1.54) is 0 Å². The van der Waals surface area contributed by atoms with Crippen molar-refractivity contribution in [2.45, 2.75) is 39.3 Å². The fourth-order valence-electron chi connectivity index (χ4n) is 1.58. The second-order valence-electron chi connectivity index (χ2n) is 5.38. The third-order valence-corrected chi connectivity index (χ3v) is 2.53. The first kappa shape index (κ1) is 15.4. The monoisotopic (exact) mass is 265 g/mol. The highest BCUT2D eigenvalue weighted by Crippen LogP contribution is 2.12. The molecule has 1 rings (SSSR count). The third kappa shape index (κ3) is 6.20. The predicted octanol–water partition coefficient (Wildman–Crippen LogP) is 1.48. The van der Waals surface area contributed by atoms with E-state index in [9.17, 15) is 4.79 Å². The lowest BCUT2D eigenvalue weighted by Crippen LogP contribution is -2.38. The first-order valence-electron chi connectivity index (χ1n) is 6.42. The summed E-state index contributed by atoms with van der Waals surface area (Å²) in [5.74, 6) is 0.568. The minimum absolute atomic E-state index is 0.0163. The minimum atomic E-state index is 0.0163. The summed E-state index contributed by atoms with van der Waals surface area (Å²) < 4.78 is 5.13. The number of rotatable bonds is 6. The van der Waals surface area contributed by atoms with Crippen molar-refractivity contribution in [2.24, 2.45) is 0 Å². The van der Waals surface area contributed by atoms with E-state index in [1.807, 2.05) is 12.1 Å². The van der Waals surface area contributed by atoms with Gasteiger partial charge in [0.15, 0.2) is 0 Å². The van der Waals surface area contributed by atoms with Gasteiger partial charge in [0, 0.05) is 36.8 Å². The van der Waals surface area contributed by atoms with Gasteiger partial charge in [-0.15, -0.1) is 0 Å². The van der Waals surface area contributed by atoms with Crippen LogP contribution in [0.15, 0.2) is 18.3 Å². The Morgan fingerprint density at radius 1 is 1.42 bits per heavy atom. The van der Waals surface area contributed by atoms with Crippen LogP contribution in [-0.2, 0) is 11.3 Å². The summed E-state index contributed by atoms with van der Waals surface area (Å²) in [6.07, 6.45) is 2.12. The molecule has 0 fully saturated rings. The number of nitrogens with one attached hydrogen (secondary N) is 2. The summed E-state index contributed by atoms with van der Waals surface area (Å²) in [7, 11) is 1.57. The maximum absolute atomic E-state index is 11.7. The van der Waals surface area contributed by atoms with Crippen molar-refractivity contribution in [3.8, 4) is 5.88 Å². The van der Waals surface area contributed by atoms with Crippen molar-refractivity contribution >= 4 is 5.91 Å². The molecule has 0 spiro atoms. The lowest BCUT2D eigenvalue weighted by molar-refractivity contribution is -0.121. The van der Waals surface area contributed by atoms with Gasteiger partial charge < -0.3 is 15.4 Å². The SMILES string of the molecule is COc1ncccc1CNC(=O)CCNC(C)(C)C. The highest BCUT2D eigenvalue weighted by Gasteiger charge is 2.10. The molecule has 5 nitrogen and oxygen atoms in total. The molecule has 0 atom stereocenters. The molecule has 0 aliphatic carbocycles. The summed E-state index contributed by atoms with van der Waals surface area (Å²) >= 11 is 0. The first-order chi connectivity index (χ1) is 8.92. The molecule has 0 bridgehead atoms. The van der Waals surface area contributed by atoms with Gasteiger partial charge in [-0.1, -0.05) is 6.07 Å². The Balaban J connectivity index is 2.34. The number of aromatic nitrogens is 1. The van der Waals surface area contributed by atoms with Crippen LogP contribution in [0.3, 0.4) is 0 Å². The van der Waals surface area contributed by atoms with Crippen LogP contribution in [0.1, 0.15) is 32.8 Å². The van der Waals surface area contributed by atoms with E-state index >= 15 is 0 Å². The average Bonchev–Trinajstić information content (AvgIpc) is 2.35. The van der Waals surface area contributed by atoms with Crippen LogP contribution in [0.25, 0.3) is 0 Å². The maximum atomic E-state index is 11.7. The van der Waals surface area contributed by atoms with E-state index in [0.717, 1.165) is 5.56 Å². The average molecular weight is 265 g/mol. The van der Waals surface area contributed by atoms with E-state index in [4.69, 9.17) is 4.74 Å². The predicted molar refractivity (Wildman–Crippen MR) is 75.0 cm³/mol. The van der Waals surface area contributed by atoms with Crippen LogP contribution in [0.4, 0.5) is 0 Å². The van der Waals surface area contributed by atoms with Crippen LogP contribution in [0, 0.1) is 0 Å². The van der Waals surface area contributed by atoms with Crippen LogP contribution >= 0.6 is 0 Å². The molecule has 106 valence electrons. The van der Waals surface area contributed by atoms with Gasteiger partial charge in [-0.3, -0.25) is 4.79 Å². The topological polar surface area (TPSA) is 63.2 Å². The minimum Gasteiger partial charge on any atom is -0.481 e. The van der Waals surface area contributed by atoms with Crippen LogP contribution in [-0.4, -0.2) is 30.1 Å². The molecule has 0 saturated carbocycles. The van der Waals surface area contributed by atoms with Gasteiger partial charge in [-0.05, 0) is 26.8 Å². The molecule has 19 heavy (non-hydrogen) atoms. The van der Waals surface area contributed by atoms with Crippen molar-refractivity contribution in [1.82, 2.24) is 15.6 Å². The molecular weight excluding hydrogens is 242 g/mol. The molecule has 0 unspecified atom stereocenters. The lowest BCUT2D eigenvalue weighted by Gasteiger charge is -2.20. The van der Waals surface area contributed by atoms with Crippen molar-refractivity contribution in [1.29, 1.82) is 0 Å². The second-order valence-corrected chi connectivity index (χ2v) is 5.38. The third-order valence-electron chi connectivity index (χ3n) is 2.53. The van der Waals surface area contributed by atoms with Crippen molar-refractivity contribution < 1.29 is 9.53 Å². The molecule has 1 amide bonds. The van der Waals surface area contributed by atoms with Crippen molar-refractivity contribution in [2.75, 3.05) is 13.7 Å². The highest BCUT2D eigenvalue weighted by atomic mass is 16.5. The standard InChI is InChI=1S/C14H23N3O2/c1-14(2,3)17-9-7-12(18)16-10-11-6-5-8-15-13(11)19-4/h5-6,8,17H,7,9-10H2,1-4H3,(H,16,18). The number of hydrogen-bond acceptors (Lipinski definition) is 4. The van der Waals surface area contributed by atoms with Crippen LogP contribution in [0.2, 0.25) is 0 Å². The zero-order valence-electron chi connectivity index (χ0n) is 12.1. The van der Waals surface area contributed by atoms with Gasteiger partial charge in [0.25, 0.3) is 0 Å². The number of carbonyl (C=O) groups is 1. The van der Waals surface area contributed by atoms with Crippen LogP contribution in [0.5, 0.6) is 5.88 Å². The van der Waals surface area contributed by atoms with E-state index in [2.05, 4.69) is 36.4 Å². The van der Waals surface area contributed by atoms with Gasteiger partial charge in [0.05, 0.1) is 7.11 Å². The second kappa shape index (κ2) is 7.09. The molecule has 1 aromatic heterocycles. The normalized spacial score (nSPS) is 11.2. The fourth-order valence-corrected chi connectivity index (χ4v) is 1.58. The Labute approximate surface area is 114 Å². The summed E-state index contributed by atoms with van der Waals surface area (Å²) in [6.45, 7) is 7.33. The van der Waals surface area contributed by atoms with E-state index in [1.54, 1.807) is 13.3 Å². The molecule has 0 saturated heterocycles. The Hall–Kier alpha value is -1.62. The number of nitrogens with zero attached hydrogens (tertiary/aromatic N) is 1. The van der Waals surface area contributed by atoms with E-state index in [-0.39, 0.29) is 11.4 Å². The van der Waals surface area contributed by atoms with Gasteiger partial charge in [-0.2, -0.15) is 0 Å². The molecule has 0 aliphatic heterocycles. The molecule has 1 heterocycles. The number of pyridine rings is 1. The maximum Gasteiger partial charge on any atom is 0.221 e. The van der Waals surface area contributed by atoms with Crippen LogP contribution < -0.4 is 15.4 Å². The number of methoxy groups -OCH3 is 1. The molecule has 1 aromatic rings. The van der Waals surface area contributed by atoms with Gasteiger partial charge in [-0.25, -0.2) is 4.98 Å². The molecule has 0 radical (unpaired) electrons. The number of hydrogen-bond donors (Lipinski definition) is 2. The summed E-state index contributed by atoms with van der Waals surface area (Å²) in [5, 5.41) is 6.14. The largest absolute Gasteiger partial charge is 0.481 e. The zero-order chi connectivity index (χ0) is 14.3. The molecule has 2 N–H and O–H groups in total. The van der Waals surface area contributed by atoms with Crippen molar-refractivity contribution in [3.63, 3.8) is 0 Å². The Kier molecular flexibility index (Phi) is 5.76. The number of carbonyl (C=O) groups excluding carboxylic acids is 1. The number of amides is 1. The first-order valence-corrected chi connectivity index (χ1v) is 6.42. The summed E-state index contributed by atoms with van der Waals surface area (Å²) in [4.78, 5) is 15.8. The van der Waals surface area contributed by atoms with E-state index < -0.39 is 0 Å². The molecule has 5 heteroatoms. The summed E-state index contributed by atoms with van der Waals surface area (Å²) in [5.41, 5.74) is 0.912. The van der Waals surface area contributed by atoms with Crippen molar-refractivity contribution in [3.05, 3.63) is 23.9 Å². The summed E-state index contributed by atoms with van der Waals surface area (Å²) in [6, 6.07) is 3.71. The smallest absolute Gasteiger partial charge is 0.221 e. The molecular formula is C14H23N3O2. The fraction of sp³-hybridized carbons (Fsp3) is 0.571. The lowest BCUT2D eigenvalue weighted by atomic mass is 10.1. The Bertz CT molecular complexity index is 413. The van der Waals surface area contributed by atoms with Gasteiger partial charge in [0.1, 0.15) is 0 Å². The Morgan fingerprint density at radius 3 is 2.79 bits per heavy atom. The Morgan fingerprint density at radius 2 is 2.16 bits per heavy atom. The van der Waals surface area contributed by atoms with Gasteiger partial charge >= 0.3 is 0 Å². The van der Waals surface area contributed by atoms with E-state index in [0.29, 0.717) is 25.4 Å². The molecule has 0 aliphatic rings. The highest BCUT2D eigenvalue weighted by molar-refractivity contribution is 5.76.